The Morgan fingerprint density at radius 2 is 1.83 bits per heavy atom. The number of benzene rings is 2. The van der Waals surface area contributed by atoms with E-state index in [2.05, 4.69) is 35.6 Å². The van der Waals surface area contributed by atoms with Gasteiger partial charge in [-0.3, -0.25) is 4.79 Å². The zero-order valence-corrected chi connectivity index (χ0v) is 15.1. The number of nitrogens with zero attached hydrogens (tertiary/aromatic N) is 1. The average molecular weight is 349 g/mol. The first-order valence-corrected chi connectivity index (χ1v) is 8.14. The molecule has 0 unspecified atom stereocenters. The number of fused-ring (bicyclic) bond motifs is 1. The van der Waals surface area contributed by atoms with Gasteiger partial charge in [0.15, 0.2) is 0 Å². The van der Waals surface area contributed by atoms with Gasteiger partial charge in [0.1, 0.15) is 5.60 Å². The summed E-state index contributed by atoms with van der Waals surface area (Å²) in [6.45, 7) is 2.25. The van der Waals surface area contributed by atoms with Gasteiger partial charge in [-0.2, -0.15) is 0 Å². The Labute approximate surface area is 149 Å². The summed E-state index contributed by atoms with van der Waals surface area (Å²) in [5.74, 6) is 0.0784. The molecule has 130 valence electrons. The summed E-state index contributed by atoms with van der Waals surface area (Å²) >= 11 is 0. The number of halogens is 1. The first-order valence-electron chi connectivity index (χ1n) is 8.14. The summed E-state index contributed by atoms with van der Waals surface area (Å²) in [7, 11) is 3.51. The standard InChI is InChI=1S/C19H24N2O2.ClH/c1-21(18(22)19(23-2)9-11-20-12-10-19)14-15-7-8-16-5-3-4-6-17(16)13-15;/h3-8,13,20H,9-12,14H2,1-2H3;1H. The molecule has 5 heteroatoms. The lowest BCUT2D eigenvalue weighted by molar-refractivity contribution is -0.157. The molecule has 0 aliphatic carbocycles. The maximum absolute atomic E-state index is 12.9. The zero-order valence-electron chi connectivity index (χ0n) is 14.2. The van der Waals surface area contributed by atoms with Crippen molar-refractivity contribution in [3.05, 3.63) is 48.0 Å². The first-order chi connectivity index (χ1) is 11.1. The molecule has 2 aromatic rings. The SMILES string of the molecule is COC1(C(=O)N(C)Cc2ccc3ccccc3c2)CCNCC1.Cl. The van der Waals surface area contributed by atoms with Crippen LogP contribution in [0.25, 0.3) is 10.8 Å². The van der Waals surface area contributed by atoms with E-state index < -0.39 is 5.60 Å². The number of nitrogens with one attached hydrogen (secondary N) is 1. The highest BCUT2D eigenvalue weighted by Gasteiger charge is 2.41. The second-order valence-corrected chi connectivity index (χ2v) is 6.29. The lowest BCUT2D eigenvalue weighted by Crippen LogP contribution is -2.54. The Balaban J connectivity index is 0.00000208. The van der Waals surface area contributed by atoms with Gasteiger partial charge in [0.05, 0.1) is 0 Å². The van der Waals surface area contributed by atoms with E-state index in [4.69, 9.17) is 4.74 Å². The quantitative estimate of drug-likeness (QED) is 0.923. The maximum Gasteiger partial charge on any atom is 0.254 e. The molecule has 3 rings (SSSR count). The summed E-state index contributed by atoms with van der Waals surface area (Å²) in [5.41, 5.74) is 0.469. The normalized spacial score (nSPS) is 16.4. The minimum Gasteiger partial charge on any atom is -0.368 e. The molecule has 0 bridgehead atoms. The van der Waals surface area contributed by atoms with Crippen molar-refractivity contribution in [2.75, 3.05) is 27.2 Å². The van der Waals surface area contributed by atoms with Crippen LogP contribution in [0.15, 0.2) is 42.5 Å². The van der Waals surface area contributed by atoms with Crippen molar-refractivity contribution in [1.82, 2.24) is 10.2 Å². The van der Waals surface area contributed by atoms with Crippen molar-refractivity contribution < 1.29 is 9.53 Å². The minimum absolute atomic E-state index is 0. The molecular weight excluding hydrogens is 324 g/mol. The second kappa shape index (κ2) is 7.97. The molecule has 4 nitrogen and oxygen atoms in total. The molecule has 1 N–H and O–H groups in total. The van der Waals surface area contributed by atoms with Crippen LogP contribution in [0.2, 0.25) is 0 Å². The van der Waals surface area contributed by atoms with Crippen LogP contribution in [0.1, 0.15) is 18.4 Å². The van der Waals surface area contributed by atoms with Gasteiger partial charge in [-0.15, -0.1) is 12.4 Å². The summed E-state index contributed by atoms with van der Waals surface area (Å²) < 4.78 is 5.64. The van der Waals surface area contributed by atoms with Crippen LogP contribution in [0.4, 0.5) is 0 Å². The summed E-state index contributed by atoms with van der Waals surface area (Å²) in [4.78, 5) is 14.7. The van der Waals surface area contributed by atoms with Crippen LogP contribution < -0.4 is 5.32 Å². The fourth-order valence-corrected chi connectivity index (χ4v) is 3.37. The average Bonchev–Trinajstić information content (AvgIpc) is 2.61. The van der Waals surface area contributed by atoms with Gasteiger partial charge in [-0.05, 0) is 48.3 Å². The van der Waals surface area contributed by atoms with Crippen LogP contribution in [-0.4, -0.2) is 43.7 Å². The topological polar surface area (TPSA) is 41.6 Å². The van der Waals surface area contributed by atoms with Crippen LogP contribution in [0, 0.1) is 0 Å². The largest absolute Gasteiger partial charge is 0.368 e. The van der Waals surface area contributed by atoms with Gasteiger partial charge in [-0.1, -0.05) is 36.4 Å². The highest BCUT2D eigenvalue weighted by atomic mass is 35.5. The van der Waals surface area contributed by atoms with Gasteiger partial charge in [0, 0.05) is 20.7 Å². The van der Waals surface area contributed by atoms with Crippen LogP contribution in [0.5, 0.6) is 0 Å². The lowest BCUT2D eigenvalue weighted by atomic mass is 9.90. The monoisotopic (exact) mass is 348 g/mol. The Kier molecular flexibility index (Phi) is 6.21. The molecule has 24 heavy (non-hydrogen) atoms. The van der Waals surface area contributed by atoms with E-state index in [-0.39, 0.29) is 18.3 Å². The Morgan fingerprint density at radius 3 is 2.50 bits per heavy atom. The fourth-order valence-electron chi connectivity index (χ4n) is 3.37. The molecule has 1 aliphatic heterocycles. The molecule has 0 aromatic heterocycles. The van der Waals surface area contributed by atoms with Gasteiger partial charge in [0.25, 0.3) is 5.91 Å². The molecule has 0 atom stereocenters. The van der Waals surface area contributed by atoms with Crippen molar-refractivity contribution in [1.29, 1.82) is 0 Å². The number of likely N-dealkylation sites (N-methyl/N-ethyl adjacent to an activating group) is 1. The number of methoxy groups -OCH3 is 1. The van der Waals surface area contributed by atoms with Gasteiger partial charge in [0.2, 0.25) is 0 Å². The zero-order chi connectivity index (χ0) is 16.3. The van der Waals surface area contributed by atoms with Gasteiger partial charge >= 0.3 is 0 Å². The lowest BCUT2D eigenvalue weighted by Gasteiger charge is -2.37. The molecular formula is C19H25ClN2O2. The van der Waals surface area contributed by atoms with E-state index in [0.29, 0.717) is 6.54 Å². The Bertz CT molecular complexity index is 699. The van der Waals surface area contributed by atoms with Crippen molar-refractivity contribution in [2.45, 2.75) is 25.0 Å². The number of hydrogen-bond acceptors (Lipinski definition) is 3. The molecule has 1 saturated heterocycles. The third kappa shape index (κ3) is 3.72. The number of carbonyl (C=O) groups excluding carboxylic acids is 1. The van der Waals surface area contributed by atoms with E-state index in [1.807, 2.05) is 19.2 Å². The van der Waals surface area contributed by atoms with E-state index >= 15 is 0 Å². The molecule has 1 heterocycles. The molecule has 1 amide bonds. The first kappa shape index (κ1) is 18.7. The predicted octanol–water partition coefficient (Wildman–Crippen LogP) is 2.99. The van der Waals surface area contributed by atoms with Gasteiger partial charge in [-0.25, -0.2) is 0 Å². The highest BCUT2D eigenvalue weighted by molar-refractivity contribution is 5.86. The second-order valence-electron chi connectivity index (χ2n) is 6.29. The van der Waals surface area contributed by atoms with Crippen LogP contribution in [0.3, 0.4) is 0 Å². The minimum atomic E-state index is -0.670. The van der Waals surface area contributed by atoms with Crippen molar-refractivity contribution in [3.63, 3.8) is 0 Å². The van der Waals surface area contributed by atoms with Crippen molar-refractivity contribution in [3.8, 4) is 0 Å². The third-order valence-corrected chi connectivity index (χ3v) is 4.77. The van der Waals surface area contributed by atoms with Gasteiger partial charge < -0.3 is 15.0 Å². The Morgan fingerprint density at radius 1 is 1.17 bits per heavy atom. The highest BCUT2D eigenvalue weighted by Crippen LogP contribution is 2.26. The van der Waals surface area contributed by atoms with Crippen LogP contribution in [-0.2, 0) is 16.1 Å². The molecule has 1 aliphatic rings. The van der Waals surface area contributed by atoms with Crippen molar-refractivity contribution >= 4 is 29.1 Å². The van der Waals surface area contributed by atoms with Crippen molar-refractivity contribution in [2.24, 2.45) is 0 Å². The summed E-state index contributed by atoms with van der Waals surface area (Å²) in [5, 5.41) is 5.71. The van der Waals surface area contributed by atoms with E-state index in [1.54, 1.807) is 12.0 Å². The molecule has 2 aromatic carbocycles. The Hall–Kier alpha value is -1.62. The molecule has 1 fully saturated rings. The number of rotatable bonds is 4. The summed E-state index contributed by atoms with van der Waals surface area (Å²) in [6, 6.07) is 14.6. The molecule has 0 spiro atoms. The number of carbonyl (C=O) groups is 1. The fraction of sp³-hybridized carbons (Fsp3) is 0.421. The van der Waals surface area contributed by atoms with E-state index in [0.717, 1.165) is 31.5 Å². The number of piperidine rings is 1. The van der Waals surface area contributed by atoms with E-state index in [1.165, 1.54) is 10.8 Å². The maximum atomic E-state index is 12.9. The number of ether oxygens (including phenoxy) is 1. The number of amides is 1. The summed E-state index contributed by atoms with van der Waals surface area (Å²) in [6.07, 6.45) is 1.45. The van der Waals surface area contributed by atoms with Crippen LogP contribution >= 0.6 is 12.4 Å². The number of hydrogen-bond donors (Lipinski definition) is 1. The molecule has 0 radical (unpaired) electrons. The molecule has 0 saturated carbocycles. The smallest absolute Gasteiger partial charge is 0.254 e. The third-order valence-electron chi connectivity index (χ3n) is 4.77. The van der Waals surface area contributed by atoms with E-state index in [9.17, 15) is 4.79 Å². The predicted molar refractivity (Wildman–Crippen MR) is 99.5 cm³/mol.